The molecule has 0 radical (unpaired) electrons. The van der Waals surface area contributed by atoms with E-state index in [1.54, 1.807) is 37.3 Å². The number of hydrogen-bond donors (Lipinski definition) is 2. The number of urea groups is 1. The zero-order valence-electron chi connectivity index (χ0n) is 15.0. The van der Waals surface area contributed by atoms with Crippen molar-refractivity contribution < 1.29 is 14.4 Å². The van der Waals surface area contributed by atoms with Crippen LogP contribution in [0.15, 0.2) is 36.4 Å². The van der Waals surface area contributed by atoms with Gasteiger partial charge in [0.15, 0.2) is 0 Å². The molecular weight excluding hydrogens is 425 g/mol. The predicted molar refractivity (Wildman–Crippen MR) is 109 cm³/mol. The van der Waals surface area contributed by atoms with Crippen molar-refractivity contribution in [3.63, 3.8) is 0 Å². The first-order valence-corrected chi connectivity index (χ1v) is 9.41. The Kier molecular flexibility index (Phi) is 5.57. The molecule has 1 aliphatic heterocycles. The van der Waals surface area contributed by atoms with Gasteiger partial charge in [-0.15, -0.1) is 0 Å². The minimum absolute atomic E-state index is 0.259. The third-order valence-corrected chi connectivity index (χ3v) is 5.68. The number of rotatable bonds is 4. The number of amides is 4. The van der Waals surface area contributed by atoms with Crippen LogP contribution >= 0.6 is 34.8 Å². The number of halogens is 3. The number of hydrogen-bond acceptors (Lipinski definition) is 3. The highest BCUT2D eigenvalue weighted by Crippen LogP contribution is 2.33. The van der Waals surface area contributed by atoms with E-state index >= 15 is 0 Å². The standard InChI is InChI=1S/C19H16Cl3N3O3/c1-10-3-5-12(8-14(10)21)23-16(26)9-25-17(27)19(2,24-18(25)28)11-4-6-13(20)15(22)7-11/h3-8H,9H2,1-2H3,(H,23,26)(H,24,28). The summed E-state index contributed by atoms with van der Waals surface area (Å²) in [7, 11) is 0. The van der Waals surface area contributed by atoms with Crippen molar-refractivity contribution in [1.82, 2.24) is 10.2 Å². The molecule has 4 amide bonds. The Morgan fingerprint density at radius 3 is 2.43 bits per heavy atom. The van der Waals surface area contributed by atoms with Crippen LogP contribution < -0.4 is 10.6 Å². The van der Waals surface area contributed by atoms with Gasteiger partial charge in [-0.05, 0) is 49.2 Å². The van der Waals surface area contributed by atoms with Gasteiger partial charge in [0.05, 0.1) is 10.0 Å². The van der Waals surface area contributed by atoms with E-state index in [2.05, 4.69) is 10.6 Å². The smallest absolute Gasteiger partial charge is 0.324 e. The molecule has 6 nitrogen and oxygen atoms in total. The van der Waals surface area contributed by atoms with Crippen molar-refractivity contribution in [1.29, 1.82) is 0 Å². The van der Waals surface area contributed by atoms with Crippen molar-refractivity contribution in [3.05, 3.63) is 62.6 Å². The molecule has 0 aromatic heterocycles. The summed E-state index contributed by atoms with van der Waals surface area (Å²) in [6.45, 7) is 2.95. The molecular formula is C19H16Cl3N3O3. The zero-order valence-corrected chi connectivity index (χ0v) is 17.2. The van der Waals surface area contributed by atoms with Gasteiger partial charge < -0.3 is 10.6 Å². The van der Waals surface area contributed by atoms with Crippen molar-refractivity contribution in [2.24, 2.45) is 0 Å². The van der Waals surface area contributed by atoms with Crippen LogP contribution in [0, 0.1) is 6.92 Å². The summed E-state index contributed by atoms with van der Waals surface area (Å²) in [4.78, 5) is 38.4. The van der Waals surface area contributed by atoms with E-state index in [-0.39, 0.29) is 5.02 Å². The number of carbonyl (C=O) groups is 3. The summed E-state index contributed by atoms with van der Waals surface area (Å²) in [6, 6.07) is 9.03. The van der Waals surface area contributed by atoms with Crippen LogP contribution in [0.4, 0.5) is 10.5 Å². The zero-order chi connectivity index (χ0) is 20.6. The van der Waals surface area contributed by atoms with Gasteiger partial charge >= 0.3 is 6.03 Å². The molecule has 3 rings (SSSR count). The summed E-state index contributed by atoms with van der Waals surface area (Å²) < 4.78 is 0. The lowest BCUT2D eigenvalue weighted by Gasteiger charge is -2.22. The van der Waals surface area contributed by atoms with E-state index in [0.29, 0.717) is 21.3 Å². The maximum atomic E-state index is 12.9. The molecule has 0 bridgehead atoms. The van der Waals surface area contributed by atoms with Crippen LogP contribution in [0.5, 0.6) is 0 Å². The van der Waals surface area contributed by atoms with Gasteiger partial charge in [-0.25, -0.2) is 4.79 Å². The molecule has 1 aliphatic rings. The van der Waals surface area contributed by atoms with Crippen molar-refractivity contribution >= 4 is 58.3 Å². The van der Waals surface area contributed by atoms with Crippen molar-refractivity contribution in [3.8, 4) is 0 Å². The molecule has 0 aliphatic carbocycles. The first-order chi connectivity index (χ1) is 13.1. The summed E-state index contributed by atoms with van der Waals surface area (Å²) in [5, 5.41) is 6.33. The van der Waals surface area contributed by atoms with Gasteiger partial charge in [0.1, 0.15) is 12.1 Å². The second-order valence-corrected chi connectivity index (χ2v) is 7.81. The highest BCUT2D eigenvalue weighted by Gasteiger charge is 2.49. The first-order valence-electron chi connectivity index (χ1n) is 8.27. The number of imide groups is 1. The Balaban J connectivity index is 1.76. The van der Waals surface area contributed by atoms with E-state index in [1.807, 2.05) is 6.92 Å². The molecule has 146 valence electrons. The van der Waals surface area contributed by atoms with Crippen LogP contribution in [0.3, 0.4) is 0 Å². The summed E-state index contributed by atoms with van der Waals surface area (Å²) >= 11 is 18.0. The molecule has 0 saturated carbocycles. The number of aryl methyl sites for hydroxylation is 1. The second kappa shape index (κ2) is 7.62. The van der Waals surface area contributed by atoms with Crippen molar-refractivity contribution in [2.45, 2.75) is 19.4 Å². The number of nitrogens with zero attached hydrogens (tertiary/aromatic N) is 1. The molecule has 1 atom stereocenters. The molecule has 2 N–H and O–H groups in total. The lowest BCUT2D eigenvalue weighted by Crippen LogP contribution is -2.42. The molecule has 2 aromatic rings. The normalized spacial score (nSPS) is 19.0. The largest absolute Gasteiger partial charge is 0.325 e. The average Bonchev–Trinajstić information content (AvgIpc) is 2.84. The van der Waals surface area contributed by atoms with Gasteiger partial charge in [-0.2, -0.15) is 0 Å². The Bertz CT molecular complexity index is 996. The number of benzene rings is 2. The van der Waals surface area contributed by atoms with E-state index in [4.69, 9.17) is 34.8 Å². The van der Waals surface area contributed by atoms with Crippen LogP contribution in [0.25, 0.3) is 0 Å². The minimum atomic E-state index is -1.35. The maximum Gasteiger partial charge on any atom is 0.325 e. The Hall–Kier alpha value is -2.28. The summed E-state index contributed by atoms with van der Waals surface area (Å²) in [5.74, 6) is -1.09. The predicted octanol–water partition coefficient (Wildman–Crippen LogP) is 4.36. The van der Waals surface area contributed by atoms with E-state index < -0.39 is 29.9 Å². The van der Waals surface area contributed by atoms with Crippen molar-refractivity contribution in [2.75, 3.05) is 11.9 Å². The van der Waals surface area contributed by atoms with Gasteiger partial charge in [0, 0.05) is 10.7 Å². The molecule has 1 saturated heterocycles. The number of carbonyl (C=O) groups excluding carboxylic acids is 3. The van der Waals surface area contributed by atoms with Crippen LogP contribution in [-0.2, 0) is 15.1 Å². The van der Waals surface area contributed by atoms with Gasteiger partial charge in [-0.1, -0.05) is 46.9 Å². The highest BCUT2D eigenvalue weighted by atomic mass is 35.5. The molecule has 2 aromatic carbocycles. The molecule has 1 heterocycles. The van der Waals surface area contributed by atoms with Gasteiger partial charge in [-0.3, -0.25) is 14.5 Å². The monoisotopic (exact) mass is 439 g/mol. The first kappa shape index (κ1) is 20.5. The maximum absolute atomic E-state index is 12.9. The van der Waals surface area contributed by atoms with Crippen LogP contribution in [-0.4, -0.2) is 29.3 Å². The Morgan fingerprint density at radius 1 is 1.07 bits per heavy atom. The SMILES string of the molecule is Cc1ccc(NC(=O)CN2C(=O)NC(C)(c3ccc(Cl)c(Cl)c3)C2=O)cc1Cl. The lowest BCUT2D eigenvalue weighted by atomic mass is 9.92. The Morgan fingerprint density at radius 2 is 1.79 bits per heavy atom. The van der Waals surface area contributed by atoms with Crippen LogP contribution in [0.1, 0.15) is 18.1 Å². The minimum Gasteiger partial charge on any atom is -0.324 e. The van der Waals surface area contributed by atoms with Gasteiger partial charge in [0.25, 0.3) is 5.91 Å². The fraction of sp³-hybridized carbons (Fsp3) is 0.211. The quantitative estimate of drug-likeness (QED) is 0.693. The summed E-state index contributed by atoms with van der Waals surface area (Å²) in [6.07, 6.45) is 0. The Labute approximate surface area is 176 Å². The third kappa shape index (κ3) is 3.81. The van der Waals surface area contributed by atoms with Crippen LogP contribution in [0.2, 0.25) is 15.1 Å². The molecule has 1 fully saturated rings. The average molecular weight is 441 g/mol. The fourth-order valence-corrected chi connectivity index (χ4v) is 3.34. The van der Waals surface area contributed by atoms with E-state index in [1.165, 1.54) is 6.07 Å². The second-order valence-electron chi connectivity index (χ2n) is 6.59. The molecule has 9 heteroatoms. The fourth-order valence-electron chi connectivity index (χ4n) is 2.86. The third-order valence-electron chi connectivity index (χ3n) is 4.53. The molecule has 28 heavy (non-hydrogen) atoms. The number of anilines is 1. The molecule has 1 unspecified atom stereocenters. The molecule has 0 spiro atoms. The van der Waals surface area contributed by atoms with E-state index in [9.17, 15) is 14.4 Å². The number of nitrogens with one attached hydrogen (secondary N) is 2. The highest BCUT2D eigenvalue weighted by molar-refractivity contribution is 6.42. The topological polar surface area (TPSA) is 78.5 Å². The lowest BCUT2D eigenvalue weighted by molar-refractivity contribution is -0.133. The van der Waals surface area contributed by atoms with E-state index in [0.717, 1.165) is 10.5 Å². The van der Waals surface area contributed by atoms with Gasteiger partial charge in [0.2, 0.25) is 5.91 Å². The summed E-state index contributed by atoms with van der Waals surface area (Å²) in [5.41, 5.74) is 0.457.